The predicted molar refractivity (Wildman–Crippen MR) is 55.2 cm³/mol. The molecule has 0 nitrogen and oxygen atoms in total. The van der Waals surface area contributed by atoms with Crippen molar-refractivity contribution in [2.45, 2.75) is 53.4 Å². The fourth-order valence-electron chi connectivity index (χ4n) is 2.67. The van der Waals surface area contributed by atoms with Gasteiger partial charge in [-0.2, -0.15) is 0 Å². The maximum atomic E-state index is 2.42. The van der Waals surface area contributed by atoms with Crippen LogP contribution in [0.2, 0.25) is 0 Å². The van der Waals surface area contributed by atoms with Gasteiger partial charge in [-0.3, -0.25) is 0 Å². The Kier molecular flexibility index (Phi) is 2.65. The maximum Gasteiger partial charge on any atom is -0.0136 e. The van der Waals surface area contributed by atoms with E-state index in [0.717, 1.165) is 0 Å². The van der Waals surface area contributed by atoms with Gasteiger partial charge in [-0.1, -0.05) is 46.3 Å². The lowest BCUT2D eigenvalue weighted by Crippen LogP contribution is -2.41. The molecule has 0 heteroatoms. The van der Waals surface area contributed by atoms with Crippen LogP contribution < -0.4 is 0 Å². The van der Waals surface area contributed by atoms with E-state index in [4.69, 9.17) is 0 Å². The zero-order valence-corrected chi connectivity index (χ0v) is 8.98. The molecule has 0 spiro atoms. The second-order valence-electron chi connectivity index (χ2n) is 4.98. The van der Waals surface area contributed by atoms with E-state index in [1.54, 1.807) is 0 Å². The molecular weight excluding hydrogens is 144 g/mol. The minimum Gasteiger partial charge on any atom is -0.0883 e. The van der Waals surface area contributed by atoms with Crippen LogP contribution >= 0.6 is 0 Å². The van der Waals surface area contributed by atoms with E-state index in [1.807, 2.05) is 0 Å². The fraction of sp³-hybridized carbons (Fsp3) is 0.833. The van der Waals surface area contributed by atoms with Crippen LogP contribution in [0.3, 0.4) is 0 Å². The van der Waals surface area contributed by atoms with Gasteiger partial charge >= 0.3 is 0 Å². The number of rotatable bonds is 3. The lowest BCUT2D eigenvalue weighted by atomic mass is 9.53. The van der Waals surface area contributed by atoms with Crippen LogP contribution in [0.5, 0.6) is 0 Å². The fourth-order valence-corrected chi connectivity index (χ4v) is 2.67. The first-order chi connectivity index (χ1) is 5.54. The maximum absolute atomic E-state index is 2.42. The first kappa shape index (κ1) is 9.83. The van der Waals surface area contributed by atoms with Crippen LogP contribution in [0.4, 0.5) is 0 Å². The van der Waals surface area contributed by atoms with Crippen molar-refractivity contribution >= 4 is 0 Å². The highest BCUT2D eigenvalue weighted by Gasteiger charge is 2.45. The lowest BCUT2D eigenvalue weighted by Gasteiger charge is -2.51. The SMILES string of the molecule is CCC=CC1(C)CC(C)(CC)C1. The molecular formula is C12H22. The molecule has 0 saturated heterocycles. The molecule has 1 saturated carbocycles. The highest BCUT2D eigenvalue weighted by atomic mass is 14.5. The van der Waals surface area contributed by atoms with E-state index in [0.29, 0.717) is 10.8 Å². The van der Waals surface area contributed by atoms with Gasteiger partial charge in [0.15, 0.2) is 0 Å². The van der Waals surface area contributed by atoms with E-state index in [1.165, 1.54) is 25.7 Å². The molecule has 1 aliphatic carbocycles. The number of hydrogen-bond donors (Lipinski definition) is 0. The summed E-state index contributed by atoms with van der Waals surface area (Å²) in [5.74, 6) is 0. The second-order valence-corrected chi connectivity index (χ2v) is 4.98. The van der Waals surface area contributed by atoms with Gasteiger partial charge in [0, 0.05) is 0 Å². The summed E-state index contributed by atoms with van der Waals surface area (Å²) in [5, 5.41) is 0. The minimum absolute atomic E-state index is 0.529. The third-order valence-electron chi connectivity index (χ3n) is 3.27. The number of hydrogen-bond acceptors (Lipinski definition) is 0. The summed E-state index contributed by atoms with van der Waals surface area (Å²) in [4.78, 5) is 0. The molecule has 1 fully saturated rings. The van der Waals surface area contributed by atoms with E-state index in [-0.39, 0.29) is 0 Å². The van der Waals surface area contributed by atoms with Gasteiger partial charge < -0.3 is 0 Å². The Hall–Kier alpha value is -0.260. The van der Waals surface area contributed by atoms with Gasteiger partial charge in [0.25, 0.3) is 0 Å². The van der Waals surface area contributed by atoms with Gasteiger partial charge in [-0.15, -0.1) is 0 Å². The Bertz CT molecular complexity index is 170. The van der Waals surface area contributed by atoms with Crippen LogP contribution in [0.1, 0.15) is 53.4 Å². The van der Waals surface area contributed by atoms with Crippen molar-refractivity contribution < 1.29 is 0 Å². The van der Waals surface area contributed by atoms with Crippen LogP contribution in [-0.2, 0) is 0 Å². The van der Waals surface area contributed by atoms with Gasteiger partial charge in [0.05, 0.1) is 0 Å². The van der Waals surface area contributed by atoms with Crippen molar-refractivity contribution in [3.05, 3.63) is 12.2 Å². The highest BCUT2D eigenvalue weighted by Crippen LogP contribution is 2.56. The minimum atomic E-state index is 0.529. The molecule has 70 valence electrons. The molecule has 0 bridgehead atoms. The van der Waals surface area contributed by atoms with Crippen molar-refractivity contribution in [2.75, 3.05) is 0 Å². The molecule has 1 aliphatic rings. The van der Waals surface area contributed by atoms with Crippen molar-refractivity contribution in [3.8, 4) is 0 Å². The quantitative estimate of drug-likeness (QED) is 0.552. The standard InChI is InChI=1S/C12H22/c1-5-7-8-12(4)9-11(3,6-2)10-12/h7-8H,5-6,9-10H2,1-4H3. The summed E-state index contributed by atoms with van der Waals surface area (Å²) in [6, 6.07) is 0. The normalized spacial score (nSPS) is 41.7. The molecule has 0 radical (unpaired) electrons. The van der Waals surface area contributed by atoms with Crippen molar-refractivity contribution in [1.29, 1.82) is 0 Å². The zero-order chi connectivity index (χ0) is 9.24. The lowest BCUT2D eigenvalue weighted by molar-refractivity contribution is 0.0235. The van der Waals surface area contributed by atoms with Gasteiger partial charge in [-0.25, -0.2) is 0 Å². The summed E-state index contributed by atoms with van der Waals surface area (Å²) in [5.41, 5.74) is 1.17. The van der Waals surface area contributed by atoms with Gasteiger partial charge in [0.1, 0.15) is 0 Å². The molecule has 12 heavy (non-hydrogen) atoms. The Labute approximate surface area is 77.1 Å². The summed E-state index contributed by atoms with van der Waals surface area (Å²) in [7, 11) is 0. The first-order valence-corrected chi connectivity index (χ1v) is 5.21. The summed E-state index contributed by atoms with van der Waals surface area (Å²) in [6.07, 6.45) is 10.0. The Morgan fingerprint density at radius 1 is 1.17 bits per heavy atom. The monoisotopic (exact) mass is 166 g/mol. The summed E-state index contributed by atoms with van der Waals surface area (Å²) in [6.45, 7) is 9.31. The molecule has 0 aromatic rings. The average molecular weight is 166 g/mol. The van der Waals surface area contributed by atoms with Gasteiger partial charge in [0.2, 0.25) is 0 Å². The third-order valence-corrected chi connectivity index (χ3v) is 3.27. The molecule has 0 atom stereocenters. The topological polar surface area (TPSA) is 0 Å². The zero-order valence-electron chi connectivity index (χ0n) is 8.98. The third kappa shape index (κ3) is 1.91. The van der Waals surface area contributed by atoms with Crippen LogP contribution in [0.25, 0.3) is 0 Å². The molecule has 0 aromatic heterocycles. The van der Waals surface area contributed by atoms with Crippen LogP contribution in [0, 0.1) is 10.8 Å². The average Bonchev–Trinajstić information content (AvgIpc) is 1.98. The Morgan fingerprint density at radius 2 is 1.75 bits per heavy atom. The molecule has 0 aliphatic heterocycles. The Morgan fingerprint density at radius 3 is 2.17 bits per heavy atom. The van der Waals surface area contributed by atoms with E-state index in [2.05, 4.69) is 39.8 Å². The van der Waals surface area contributed by atoms with Crippen molar-refractivity contribution in [2.24, 2.45) is 10.8 Å². The summed E-state index contributed by atoms with van der Waals surface area (Å²) >= 11 is 0. The Balaban J connectivity index is 2.44. The first-order valence-electron chi connectivity index (χ1n) is 5.21. The highest BCUT2D eigenvalue weighted by molar-refractivity contribution is 5.09. The van der Waals surface area contributed by atoms with Crippen molar-refractivity contribution in [1.82, 2.24) is 0 Å². The molecule has 0 amide bonds. The smallest absolute Gasteiger partial charge is 0.0136 e. The largest absolute Gasteiger partial charge is 0.0883 e. The van der Waals surface area contributed by atoms with E-state index < -0.39 is 0 Å². The van der Waals surface area contributed by atoms with Crippen molar-refractivity contribution in [3.63, 3.8) is 0 Å². The molecule has 1 rings (SSSR count). The molecule has 0 unspecified atom stereocenters. The van der Waals surface area contributed by atoms with Crippen LogP contribution in [0.15, 0.2) is 12.2 Å². The predicted octanol–water partition coefficient (Wildman–Crippen LogP) is 4.17. The van der Waals surface area contributed by atoms with E-state index in [9.17, 15) is 0 Å². The summed E-state index contributed by atoms with van der Waals surface area (Å²) < 4.78 is 0. The molecule has 0 heterocycles. The second kappa shape index (κ2) is 3.24. The number of allylic oxidation sites excluding steroid dienone is 2. The van der Waals surface area contributed by atoms with Gasteiger partial charge in [-0.05, 0) is 30.1 Å². The van der Waals surface area contributed by atoms with E-state index >= 15 is 0 Å². The molecule has 0 N–H and O–H groups in total. The molecule has 0 aromatic carbocycles. The van der Waals surface area contributed by atoms with Crippen LogP contribution in [-0.4, -0.2) is 0 Å².